The molecule has 2 N–H and O–H groups in total. The lowest BCUT2D eigenvalue weighted by molar-refractivity contribution is 0.361. The third-order valence-electron chi connectivity index (χ3n) is 2.35. The van der Waals surface area contributed by atoms with E-state index in [1.807, 2.05) is 13.8 Å². The van der Waals surface area contributed by atoms with Crippen molar-refractivity contribution in [2.45, 2.75) is 20.3 Å². The molecule has 0 aliphatic rings. The van der Waals surface area contributed by atoms with Crippen molar-refractivity contribution < 1.29 is 8.78 Å². The summed E-state index contributed by atoms with van der Waals surface area (Å²) in [5.41, 5.74) is 5.19. The molecule has 0 aromatic heterocycles. The van der Waals surface area contributed by atoms with Crippen LogP contribution in [-0.4, -0.2) is 6.54 Å². The summed E-state index contributed by atoms with van der Waals surface area (Å²) in [7, 11) is 0. The van der Waals surface area contributed by atoms with Crippen molar-refractivity contribution in [3.05, 3.63) is 34.4 Å². The molecule has 0 spiro atoms. The fourth-order valence-corrected chi connectivity index (χ4v) is 1.46. The summed E-state index contributed by atoms with van der Waals surface area (Å²) in [6.45, 7) is 4.07. The van der Waals surface area contributed by atoms with Crippen LogP contribution in [0.1, 0.15) is 19.4 Å². The number of nitrogens with two attached hydrogens (primary N) is 1. The van der Waals surface area contributed by atoms with Gasteiger partial charge in [-0.3, -0.25) is 0 Å². The number of hydrogen-bond donors (Lipinski definition) is 1. The molecular weight excluding hydrogens is 220 g/mol. The van der Waals surface area contributed by atoms with E-state index in [0.29, 0.717) is 6.54 Å². The Kier molecular flexibility index (Phi) is 3.68. The lowest BCUT2D eigenvalue weighted by Gasteiger charge is -2.23. The molecule has 0 saturated carbocycles. The van der Waals surface area contributed by atoms with Crippen molar-refractivity contribution in [2.24, 2.45) is 11.1 Å². The molecule has 0 saturated heterocycles. The summed E-state index contributed by atoms with van der Waals surface area (Å²) in [5, 5.41) is -0.0563. The molecule has 0 heterocycles. The quantitative estimate of drug-likeness (QED) is 0.798. The highest BCUT2D eigenvalue weighted by Crippen LogP contribution is 2.27. The predicted molar refractivity (Wildman–Crippen MR) is 57.9 cm³/mol. The Bertz CT molecular complexity index is 364. The Balaban J connectivity index is 3.09. The van der Waals surface area contributed by atoms with Gasteiger partial charge in [0, 0.05) is 5.56 Å². The first kappa shape index (κ1) is 12.4. The second-order valence-electron chi connectivity index (χ2n) is 4.37. The van der Waals surface area contributed by atoms with Crippen LogP contribution in [0.3, 0.4) is 0 Å². The molecular formula is C11H14ClF2N. The Labute approximate surface area is 93.2 Å². The van der Waals surface area contributed by atoms with Crippen molar-refractivity contribution in [1.82, 2.24) is 0 Å². The van der Waals surface area contributed by atoms with Crippen LogP contribution in [-0.2, 0) is 6.42 Å². The van der Waals surface area contributed by atoms with Crippen LogP contribution >= 0.6 is 11.6 Å². The SMILES string of the molecule is CC(C)(CN)Cc1c(F)ccc(Cl)c1F. The van der Waals surface area contributed by atoms with Gasteiger partial charge >= 0.3 is 0 Å². The summed E-state index contributed by atoms with van der Waals surface area (Å²) in [4.78, 5) is 0. The van der Waals surface area contributed by atoms with Gasteiger partial charge in [-0.1, -0.05) is 25.4 Å². The van der Waals surface area contributed by atoms with Crippen molar-refractivity contribution in [3.63, 3.8) is 0 Å². The average Bonchev–Trinajstić information content (AvgIpc) is 2.19. The zero-order valence-corrected chi connectivity index (χ0v) is 9.54. The third kappa shape index (κ3) is 2.89. The number of benzene rings is 1. The minimum Gasteiger partial charge on any atom is -0.330 e. The maximum Gasteiger partial charge on any atom is 0.147 e. The van der Waals surface area contributed by atoms with Gasteiger partial charge in [0.05, 0.1) is 5.02 Å². The van der Waals surface area contributed by atoms with Gasteiger partial charge in [-0.05, 0) is 30.5 Å². The van der Waals surface area contributed by atoms with Crippen LogP contribution in [0.4, 0.5) is 8.78 Å². The second kappa shape index (κ2) is 4.45. The van der Waals surface area contributed by atoms with Gasteiger partial charge in [-0.25, -0.2) is 8.78 Å². The van der Waals surface area contributed by atoms with E-state index in [2.05, 4.69) is 0 Å². The number of rotatable bonds is 3. The third-order valence-corrected chi connectivity index (χ3v) is 2.64. The van der Waals surface area contributed by atoms with Crippen LogP contribution < -0.4 is 5.73 Å². The highest BCUT2D eigenvalue weighted by Gasteiger charge is 2.22. The van der Waals surface area contributed by atoms with E-state index in [9.17, 15) is 8.78 Å². The summed E-state index contributed by atoms with van der Waals surface area (Å²) >= 11 is 5.58. The molecule has 0 amide bonds. The van der Waals surface area contributed by atoms with E-state index < -0.39 is 11.6 Å². The molecule has 0 fully saturated rings. The minimum absolute atomic E-state index is 0.0120. The van der Waals surface area contributed by atoms with E-state index in [-0.39, 0.29) is 22.4 Å². The summed E-state index contributed by atoms with van der Waals surface area (Å²) in [6.07, 6.45) is 0.238. The Morgan fingerprint density at radius 3 is 2.47 bits per heavy atom. The second-order valence-corrected chi connectivity index (χ2v) is 4.77. The molecule has 1 aromatic carbocycles. The summed E-state index contributed by atoms with van der Waals surface area (Å²) in [5.74, 6) is -1.25. The molecule has 1 rings (SSSR count). The van der Waals surface area contributed by atoms with E-state index in [1.165, 1.54) is 12.1 Å². The Hall–Kier alpha value is -0.670. The van der Waals surface area contributed by atoms with Gasteiger partial charge in [0.1, 0.15) is 11.6 Å². The van der Waals surface area contributed by atoms with Crippen LogP contribution in [0.2, 0.25) is 5.02 Å². The van der Waals surface area contributed by atoms with Crippen LogP contribution in [0, 0.1) is 17.0 Å². The van der Waals surface area contributed by atoms with Crippen molar-refractivity contribution in [1.29, 1.82) is 0 Å². The molecule has 0 aliphatic carbocycles. The smallest absolute Gasteiger partial charge is 0.147 e. The first-order valence-electron chi connectivity index (χ1n) is 4.70. The maximum atomic E-state index is 13.5. The molecule has 1 aromatic rings. The van der Waals surface area contributed by atoms with Gasteiger partial charge in [-0.15, -0.1) is 0 Å². The first-order valence-corrected chi connectivity index (χ1v) is 5.07. The first-order chi connectivity index (χ1) is 6.87. The van der Waals surface area contributed by atoms with Crippen LogP contribution in [0.15, 0.2) is 12.1 Å². The zero-order chi connectivity index (χ0) is 11.6. The number of halogens is 3. The molecule has 1 nitrogen and oxygen atoms in total. The lowest BCUT2D eigenvalue weighted by atomic mass is 9.85. The predicted octanol–water partition coefficient (Wildman–Crippen LogP) is 3.15. The Morgan fingerprint density at radius 1 is 1.33 bits per heavy atom. The van der Waals surface area contributed by atoms with Gasteiger partial charge in [-0.2, -0.15) is 0 Å². The normalized spacial score (nSPS) is 11.9. The van der Waals surface area contributed by atoms with E-state index in [4.69, 9.17) is 17.3 Å². The van der Waals surface area contributed by atoms with Gasteiger partial charge in [0.2, 0.25) is 0 Å². The molecule has 4 heteroatoms. The van der Waals surface area contributed by atoms with E-state index in [0.717, 1.165) is 0 Å². The highest BCUT2D eigenvalue weighted by molar-refractivity contribution is 6.30. The zero-order valence-electron chi connectivity index (χ0n) is 8.78. The molecule has 84 valence electrons. The maximum absolute atomic E-state index is 13.5. The van der Waals surface area contributed by atoms with Crippen LogP contribution in [0.25, 0.3) is 0 Å². The molecule has 15 heavy (non-hydrogen) atoms. The summed E-state index contributed by atoms with van der Waals surface area (Å²) in [6, 6.07) is 2.39. The van der Waals surface area contributed by atoms with E-state index in [1.54, 1.807) is 0 Å². The fraction of sp³-hybridized carbons (Fsp3) is 0.455. The fourth-order valence-electron chi connectivity index (χ4n) is 1.28. The topological polar surface area (TPSA) is 26.0 Å². The number of hydrogen-bond acceptors (Lipinski definition) is 1. The standard InChI is InChI=1S/C11H14ClF2N/c1-11(2,6-15)5-7-9(13)4-3-8(12)10(7)14/h3-4H,5-6,15H2,1-2H3. The molecule has 0 unspecified atom stereocenters. The Morgan fingerprint density at radius 2 is 1.93 bits per heavy atom. The lowest BCUT2D eigenvalue weighted by Crippen LogP contribution is -2.26. The van der Waals surface area contributed by atoms with Crippen molar-refractivity contribution >= 4 is 11.6 Å². The molecule has 0 bridgehead atoms. The van der Waals surface area contributed by atoms with E-state index >= 15 is 0 Å². The minimum atomic E-state index is -0.682. The van der Waals surface area contributed by atoms with Crippen molar-refractivity contribution in [2.75, 3.05) is 6.54 Å². The van der Waals surface area contributed by atoms with Crippen molar-refractivity contribution in [3.8, 4) is 0 Å². The average molecular weight is 234 g/mol. The largest absolute Gasteiger partial charge is 0.330 e. The summed E-state index contributed by atoms with van der Waals surface area (Å²) < 4.78 is 26.9. The monoisotopic (exact) mass is 233 g/mol. The van der Waals surface area contributed by atoms with Crippen LogP contribution in [0.5, 0.6) is 0 Å². The van der Waals surface area contributed by atoms with Gasteiger partial charge < -0.3 is 5.73 Å². The molecule has 0 radical (unpaired) electrons. The van der Waals surface area contributed by atoms with Gasteiger partial charge in [0.25, 0.3) is 0 Å². The molecule has 0 aliphatic heterocycles. The molecule has 0 atom stereocenters. The van der Waals surface area contributed by atoms with Gasteiger partial charge in [0.15, 0.2) is 0 Å². The highest BCUT2D eigenvalue weighted by atomic mass is 35.5.